The molecule has 1 saturated heterocycles. The number of hydrogen-bond acceptors (Lipinski definition) is 3. The Labute approximate surface area is 89.3 Å². The third-order valence-corrected chi connectivity index (χ3v) is 3.47. The molecule has 2 rings (SSSR count). The summed E-state index contributed by atoms with van der Waals surface area (Å²) in [5.41, 5.74) is 1.01. The summed E-state index contributed by atoms with van der Waals surface area (Å²) in [6.45, 7) is 2.04. The van der Waals surface area contributed by atoms with Gasteiger partial charge in [-0.3, -0.25) is 4.55 Å². The lowest BCUT2D eigenvalue weighted by Gasteiger charge is -2.17. The van der Waals surface area contributed by atoms with Gasteiger partial charge in [-0.1, -0.05) is 0 Å². The van der Waals surface area contributed by atoms with Gasteiger partial charge in [0.05, 0.1) is 4.90 Å². The average molecular weight is 227 g/mol. The van der Waals surface area contributed by atoms with E-state index in [4.69, 9.17) is 4.55 Å². The van der Waals surface area contributed by atoms with Crippen molar-refractivity contribution < 1.29 is 13.0 Å². The predicted molar refractivity (Wildman–Crippen MR) is 57.7 cm³/mol. The fraction of sp³-hybridized carbons (Fsp3) is 0.400. The van der Waals surface area contributed by atoms with Crippen molar-refractivity contribution >= 4 is 15.8 Å². The highest BCUT2D eigenvalue weighted by Gasteiger charge is 2.14. The number of benzene rings is 1. The van der Waals surface area contributed by atoms with Gasteiger partial charge in [0.1, 0.15) is 0 Å². The first-order valence-corrected chi connectivity index (χ1v) is 6.34. The van der Waals surface area contributed by atoms with E-state index in [0.717, 1.165) is 18.8 Å². The van der Waals surface area contributed by atoms with Gasteiger partial charge in [-0.15, -0.1) is 0 Å². The Hall–Kier alpha value is -1.07. The quantitative estimate of drug-likeness (QED) is 0.778. The van der Waals surface area contributed by atoms with Gasteiger partial charge >= 0.3 is 0 Å². The fourth-order valence-corrected chi connectivity index (χ4v) is 2.28. The van der Waals surface area contributed by atoms with Gasteiger partial charge in [0.15, 0.2) is 0 Å². The van der Waals surface area contributed by atoms with Gasteiger partial charge in [-0.05, 0) is 37.1 Å². The minimum absolute atomic E-state index is 0.0505. The zero-order valence-corrected chi connectivity index (χ0v) is 9.07. The number of anilines is 1. The molecule has 1 aliphatic rings. The summed E-state index contributed by atoms with van der Waals surface area (Å²) in [6.07, 6.45) is 2.36. The Kier molecular flexibility index (Phi) is 2.67. The Morgan fingerprint density at radius 2 is 1.60 bits per heavy atom. The van der Waals surface area contributed by atoms with Crippen LogP contribution in [0.5, 0.6) is 0 Å². The van der Waals surface area contributed by atoms with E-state index in [2.05, 4.69) is 4.90 Å². The Bertz CT molecular complexity index is 432. The number of hydrogen-bond donors (Lipinski definition) is 1. The topological polar surface area (TPSA) is 57.6 Å². The molecule has 0 aromatic heterocycles. The first-order chi connectivity index (χ1) is 7.07. The van der Waals surface area contributed by atoms with E-state index >= 15 is 0 Å². The molecule has 0 amide bonds. The van der Waals surface area contributed by atoms with Crippen molar-refractivity contribution in [1.29, 1.82) is 0 Å². The largest absolute Gasteiger partial charge is 0.372 e. The van der Waals surface area contributed by atoms with Crippen molar-refractivity contribution in [1.82, 2.24) is 0 Å². The first kappa shape index (κ1) is 10.4. The van der Waals surface area contributed by atoms with E-state index in [1.54, 1.807) is 12.1 Å². The third kappa shape index (κ3) is 2.30. The van der Waals surface area contributed by atoms with Crippen LogP contribution in [-0.2, 0) is 10.1 Å². The number of nitrogens with zero attached hydrogens (tertiary/aromatic N) is 1. The normalized spacial score (nSPS) is 17.0. The fourth-order valence-electron chi connectivity index (χ4n) is 1.80. The van der Waals surface area contributed by atoms with Crippen LogP contribution in [-0.4, -0.2) is 26.1 Å². The lowest BCUT2D eigenvalue weighted by Crippen LogP contribution is -2.17. The van der Waals surface area contributed by atoms with Gasteiger partial charge in [-0.25, -0.2) is 0 Å². The second-order valence-electron chi connectivity index (χ2n) is 3.66. The van der Waals surface area contributed by atoms with Crippen LogP contribution in [0.3, 0.4) is 0 Å². The van der Waals surface area contributed by atoms with Crippen LogP contribution in [0.15, 0.2) is 29.2 Å². The predicted octanol–water partition coefficient (Wildman–Crippen LogP) is 1.53. The standard InChI is InChI=1S/C10H13NO3S/c12-15(13,14)10-5-3-9(4-6-10)11-7-1-2-8-11/h3-6H,1-2,7-8H2,(H,12,13,14). The molecule has 0 spiro atoms. The van der Waals surface area contributed by atoms with Gasteiger partial charge in [0, 0.05) is 18.8 Å². The minimum Gasteiger partial charge on any atom is -0.372 e. The summed E-state index contributed by atoms with van der Waals surface area (Å²) in [4.78, 5) is 2.15. The number of rotatable bonds is 2. The molecule has 1 heterocycles. The Morgan fingerprint density at radius 1 is 1.07 bits per heavy atom. The zero-order chi connectivity index (χ0) is 10.9. The molecule has 1 N–H and O–H groups in total. The minimum atomic E-state index is -4.06. The summed E-state index contributed by atoms with van der Waals surface area (Å²) in [5, 5.41) is 0. The lowest BCUT2D eigenvalue weighted by molar-refractivity contribution is 0.483. The van der Waals surface area contributed by atoms with Gasteiger partial charge in [-0.2, -0.15) is 8.42 Å². The van der Waals surface area contributed by atoms with Crippen LogP contribution in [0.4, 0.5) is 5.69 Å². The Balaban J connectivity index is 2.24. The van der Waals surface area contributed by atoms with E-state index in [1.807, 2.05) is 0 Å². The van der Waals surface area contributed by atoms with E-state index in [0.29, 0.717) is 0 Å². The van der Waals surface area contributed by atoms with Crippen LogP contribution in [0.2, 0.25) is 0 Å². The summed E-state index contributed by atoms with van der Waals surface area (Å²) in [7, 11) is -4.06. The molecule has 5 heteroatoms. The monoisotopic (exact) mass is 227 g/mol. The molecule has 0 saturated carbocycles. The zero-order valence-electron chi connectivity index (χ0n) is 8.26. The highest BCUT2D eigenvalue weighted by molar-refractivity contribution is 7.85. The maximum Gasteiger partial charge on any atom is 0.294 e. The van der Waals surface area contributed by atoms with Crippen molar-refractivity contribution in [2.45, 2.75) is 17.7 Å². The maximum absolute atomic E-state index is 10.8. The second kappa shape index (κ2) is 3.83. The average Bonchev–Trinajstić information content (AvgIpc) is 2.69. The maximum atomic E-state index is 10.8. The van der Waals surface area contributed by atoms with Crippen LogP contribution in [0.25, 0.3) is 0 Å². The lowest BCUT2D eigenvalue weighted by atomic mass is 10.3. The van der Waals surface area contributed by atoms with Crippen LogP contribution in [0, 0.1) is 0 Å². The smallest absolute Gasteiger partial charge is 0.294 e. The van der Waals surface area contributed by atoms with E-state index < -0.39 is 10.1 Å². The molecule has 4 nitrogen and oxygen atoms in total. The SMILES string of the molecule is O=S(=O)(O)c1ccc(N2CCCC2)cc1. The molecule has 1 aromatic carbocycles. The molecular weight excluding hydrogens is 214 g/mol. The molecular formula is C10H13NO3S. The van der Waals surface area contributed by atoms with Gasteiger partial charge in [0.2, 0.25) is 0 Å². The summed E-state index contributed by atoms with van der Waals surface area (Å²) in [6, 6.07) is 6.33. The molecule has 0 bridgehead atoms. The van der Waals surface area contributed by atoms with Gasteiger partial charge in [0.25, 0.3) is 10.1 Å². The molecule has 0 unspecified atom stereocenters. The molecule has 0 atom stereocenters. The van der Waals surface area contributed by atoms with Crippen LogP contribution < -0.4 is 4.90 Å². The molecule has 1 aliphatic heterocycles. The van der Waals surface area contributed by atoms with Crippen molar-refractivity contribution in [2.24, 2.45) is 0 Å². The van der Waals surface area contributed by atoms with Gasteiger partial charge < -0.3 is 4.90 Å². The first-order valence-electron chi connectivity index (χ1n) is 4.90. The van der Waals surface area contributed by atoms with Crippen molar-refractivity contribution in [3.8, 4) is 0 Å². The molecule has 82 valence electrons. The van der Waals surface area contributed by atoms with E-state index in [-0.39, 0.29) is 4.90 Å². The molecule has 0 aliphatic carbocycles. The van der Waals surface area contributed by atoms with Crippen molar-refractivity contribution in [3.63, 3.8) is 0 Å². The third-order valence-electron chi connectivity index (χ3n) is 2.61. The molecule has 0 radical (unpaired) electrons. The van der Waals surface area contributed by atoms with Crippen LogP contribution in [0.1, 0.15) is 12.8 Å². The molecule has 1 aromatic rings. The summed E-state index contributed by atoms with van der Waals surface area (Å²) >= 11 is 0. The summed E-state index contributed by atoms with van der Waals surface area (Å²) in [5.74, 6) is 0. The Morgan fingerprint density at radius 3 is 2.07 bits per heavy atom. The summed E-state index contributed by atoms with van der Waals surface area (Å²) < 4.78 is 30.4. The molecule has 1 fully saturated rings. The molecule has 15 heavy (non-hydrogen) atoms. The van der Waals surface area contributed by atoms with Crippen molar-refractivity contribution in [3.05, 3.63) is 24.3 Å². The van der Waals surface area contributed by atoms with Crippen LogP contribution >= 0.6 is 0 Å². The highest BCUT2D eigenvalue weighted by Crippen LogP contribution is 2.21. The highest BCUT2D eigenvalue weighted by atomic mass is 32.2. The van der Waals surface area contributed by atoms with E-state index in [9.17, 15) is 8.42 Å². The van der Waals surface area contributed by atoms with E-state index in [1.165, 1.54) is 25.0 Å². The second-order valence-corrected chi connectivity index (χ2v) is 5.08. The van der Waals surface area contributed by atoms with Crippen molar-refractivity contribution in [2.75, 3.05) is 18.0 Å².